The monoisotopic (exact) mass is 238 g/mol. The fourth-order valence-corrected chi connectivity index (χ4v) is 1.37. The van der Waals surface area contributed by atoms with Gasteiger partial charge in [0.2, 0.25) is 5.91 Å². The zero-order chi connectivity index (χ0) is 13.0. The van der Waals surface area contributed by atoms with Gasteiger partial charge in [0.05, 0.1) is 12.0 Å². The Morgan fingerprint density at radius 3 is 2.65 bits per heavy atom. The highest BCUT2D eigenvalue weighted by atomic mass is 16.6. The van der Waals surface area contributed by atoms with E-state index in [0.717, 1.165) is 0 Å². The fourth-order valence-electron chi connectivity index (χ4n) is 1.37. The normalized spacial score (nSPS) is 9.82. The van der Waals surface area contributed by atoms with Crippen LogP contribution < -0.4 is 4.74 Å². The fraction of sp³-hybridized carbons (Fsp3) is 0.364. The van der Waals surface area contributed by atoms with Gasteiger partial charge in [0.25, 0.3) is 5.69 Å². The molecule has 0 aliphatic carbocycles. The number of rotatable bonds is 4. The molecule has 0 aromatic heterocycles. The second-order valence-corrected chi connectivity index (χ2v) is 3.63. The summed E-state index contributed by atoms with van der Waals surface area (Å²) in [5.41, 5.74) is 0.595. The van der Waals surface area contributed by atoms with E-state index in [-0.39, 0.29) is 18.1 Å². The van der Waals surface area contributed by atoms with Crippen molar-refractivity contribution >= 4 is 11.6 Å². The lowest BCUT2D eigenvalue weighted by molar-refractivity contribution is -0.384. The number of ether oxygens (including phenoxy) is 1. The first-order valence-electron chi connectivity index (χ1n) is 4.98. The van der Waals surface area contributed by atoms with Gasteiger partial charge in [0, 0.05) is 38.2 Å². The number of nitro groups is 1. The largest absolute Gasteiger partial charge is 0.496 e. The van der Waals surface area contributed by atoms with E-state index in [1.54, 1.807) is 7.05 Å². The van der Waals surface area contributed by atoms with E-state index in [9.17, 15) is 14.9 Å². The lowest BCUT2D eigenvalue weighted by Gasteiger charge is -2.16. The number of methoxy groups -OCH3 is 1. The van der Waals surface area contributed by atoms with Crippen LogP contribution in [0.1, 0.15) is 12.5 Å². The number of hydrogen-bond acceptors (Lipinski definition) is 4. The molecule has 0 aliphatic rings. The third kappa shape index (κ3) is 3.17. The van der Waals surface area contributed by atoms with Gasteiger partial charge in [-0.1, -0.05) is 0 Å². The number of carbonyl (C=O) groups excluding carboxylic acids is 1. The summed E-state index contributed by atoms with van der Waals surface area (Å²) in [5.74, 6) is 0.419. The van der Waals surface area contributed by atoms with Crippen LogP contribution in [0.3, 0.4) is 0 Å². The minimum atomic E-state index is -0.475. The summed E-state index contributed by atoms with van der Waals surface area (Å²) in [7, 11) is 3.11. The molecule has 92 valence electrons. The molecule has 1 rings (SSSR count). The maximum Gasteiger partial charge on any atom is 0.270 e. The molecule has 1 amide bonds. The van der Waals surface area contributed by atoms with Gasteiger partial charge in [-0.05, 0) is 6.07 Å². The molecule has 0 N–H and O–H groups in total. The first kappa shape index (κ1) is 13.0. The van der Waals surface area contributed by atoms with Crippen molar-refractivity contribution in [3.63, 3.8) is 0 Å². The second-order valence-electron chi connectivity index (χ2n) is 3.63. The van der Waals surface area contributed by atoms with E-state index in [0.29, 0.717) is 11.3 Å². The second kappa shape index (κ2) is 5.29. The molecular weight excluding hydrogens is 224 g/mol. The molecule has 6 heteroatoms. The van der Waals surface area contributed by atoms with E-state index in [2.05, 4.69) is 0 Å². The molecule has 0 unspecified atom stereocenters. The smallest absolute Gasteiger partial charge is 0.270 e. The topological polar surface area (TPSA) is 72.7 Å². The molecule has 0 saturated heterocycles. The Morgan fingerprint density at radius 2 is 2.18 bits per heavy atom. The molecule has 0 aliphatic heterocycles. The highest BCUT2D eigenvalue weighted by molar-refractivity contribution is 5.73. The van der Waals surface area contributed by atoms with Crippen molar-refractivity contribution < 1.29 is 14.5 Å². The van der Waals surface area contributed by atoms with Crippen LogP contribution in [0.25, 0.3) is 0 Å². The van der Waals surface area contributed by atoms with Crippen LogP contribution >= 0.6 is 0 Å². The zero-order valence-corrected chi connectivity index (χ0v) is 9.97. The molecule has 1 aromatic rings. The predicted molar refractivity (Wildman–Crippen MR) is 61.8 cm³/mol. The van der Waals surface area contributed by atoms with Gasteiger partial charge in [-0.25, -0.2) is 0 Å². The first-order chi connectivity index (χ1) is 7.95. The number of nitro benzene ring substituents is 1. The molecule has 0 spiro atoms. The summed E-state index contributed by atoms with van der Waals surface area (Å²) in [6.07, 6.45) is 0. The van der Waals surface area contributed by atoms with Crippen LogP contribution in [0.5, 0.6) is 5.75 Å². The van der Waals surface area contributed by atoms with Gasteiger partial charge in [-0.15, -0.1) is 0 Å². The average Bonchev–Trinajstić information content (AvgIpc) is 2.28. The lowest BCUT2D eigenvalue weighted by atomic mass is 10.1. The van der Waals surface area contributed by atoms with Crippen molar-refractivity contribution in [3.8, 4) is 5.75 Å². The number of benzene rings is 1. The summed E-state index contributed by atoms with van der Waals surface area (Å²) in [5, 5.41) is 10.7. The number of hydrogen-bond donors (Lipinski definition) is 0. The van der Waals surface area contributed by atoms with Crippen molar-refractivity contribution in [1.82, 2.24) is 4.90 Å². The number of nitrogens with zero attached hydrogens (tertiary/aromatic N) is 2. The molecule has 0 bridgehead atoms. The Bertz CT molecular complexity index is 445. The SMILES string of the molecule is COc1ccc([N+](=O)[O-])cc1CN(C)C(C)=O. The van der Waals surface area contributed by atoms with Crippen LogP contribution in [0.2, 0.25) is 0 Å². The summed E-state index contributed by atoms with van der Waals surface area (Å²) in [6.45, 7) is 1.71. The number of carbonyl (C=O) groups is 1. The standard InChI is InChI=1S/C11H14N2O4/c1-8(14)12(2)7-9-6-10(13(15)16)4-5-11(9)17-3/h4-6H,7H2,1-3H3. The van der Waals surface area contributed by atoms with E-state index in [4.69, 9.17) is 4.74 Å². The van der Waals surface area contributed by atoms with Crippen LogP contribution in [-0.4, -0.2) is 29.9 Å². The van der Waals surface area contributed by atoms with E-state index in [1.807, 2.05) is 0 Å². The van der Waals surface area contributed by atoms with Crippen molar-refractivity contribution in [2.24, 2.45) is 0 Å². The lowest BCUT2D eigenvalue weighted by Crippen LogP contribution is -2.23. The predicted octanol–water partition coefficient (Wildman–Crippen LogP) is 1.58. The zero-order valence-electron chi connectivity index (χ0n) is 9.97. The van der Waals surface area contributed by atoms with E-state index in [1.165, 1.54) is 37.1 Å². The van der Waals surface area contributed by atoms with Crippen LogP contribution in [0, 0.1) is 10.1 Å². The van der Waals surface area contributed by atoms with E-state index < -0.39 is 4.92 Å². The van der Waals surface area contributed by atoms with Crippen molar-refractivity contribution in [2.45, 2.75) is 13.5 Å². The highest BCUT2D eigenvalue weighted by Crippen LogP contribution is 2.24. The minimum Gasteiger partial charge on any atom is -0.496 e. The maximum atomic E-state index is 11.1. The Kier molecular flexibility index (Phi) is 4.03. The minimum absolute atomic E-state index is 0.0160. The molecule has 17 heavy (non-hydrogen) atoms. The summed E-state index contributed by atoms with van der Waals surface area (Å²) in [4.78, 5) is 22.8. The van der Waals surface area contributed by atoms with Gasteiger partial charge in [0.15, 0.2) is 0 Å². The number of non-ortho nitro benzene ring substituents is 1. The third-order valence-corrected chi connectivity index (χ3v) is 2.42. The Morgan fingerprint density at radius 1 is 1.53 bits per heavy atom. The quantitative estimate of drug-likeness (QED) is 0.589. The average molecular weight is 238 g/mol. The molecule has 0 fully saturated rings. The molecule has 0 saturated carbocycles. The number of amides is 1. The van der Waals surface area contributed by atoms with Crippen molar-refractivity contribution in [1.29, 1.82) is 0 Å². The Labute approximate surface area is 98.9 Å². The Balaban J connectivity index is 3.06. The van der Waals surface area contributed by atoms with Crippen LogP contribution in [-0.2, 0) is 11.3 Å². The van der Waals surface area contributed by atoms with Gasteiger partial charge in [-0.3, -0.25) is 14.9 Å². The maximum absolute atomic E-state index is 11.1. The Hall–Kier alpha value is -2.11. The van der Waals surface area contributed by atoms with Crippen LogP contribution in [0.4, 0.5) is 5.69 Å². The molecular formula is C11H14N2O4. The third-order valence-electron chi connectivity index (χ3n) is 2.42. The molecule has 0 radical (unpaired) electrons. The van der Waals surface area contributed by atoms with E-state index >= 15 is 0 Å². The van der Waals surface area contributed by atoms with Crippen molar-refractivity contribution in [2.75, 3.05) is 14.2 Å². The van der Waals surface area contributed by atoms with Gasteiger partial charge in [-0.2, -0.15) is 0 Å². The molecule has 0 heterocycles. The molecule has 1 aromatic carbocycles. The van der Waals surface area contributed by atoms with Gasteiger partial charge in [0.1, 0.15) is 5.75 Å². The summed E-state index contributed by atoms with van der Waals surface area (Å²) in [6, 6.07) is 4.32. The highest BCUT2D eigenvalue weighted by Gasteiger charge is 2.13. The summed E-state index contributed by atoms with van der Waals surface area (Å²) >= 11 is 0. The summed E-state index contributed by atoms with van der Waals surface area (Å²) < 4.78 is 5.10. The van der Waals surface area contributed by atoms with Crippen LogP contribution in [0.15, 0.2) is 18.2 Å². The van der Waals surface area contributed by atoms with Crippen molar-refractivity contribution in [3.05, 3.63) is 33.9 Å². The first-order valence-corrected chi connectivity index (χ1v) is 4.98. The van der Waals surface area contributed by atoms with Gasteiger partial charge < -0.3 is 9.64 Å². The molecule has 6 nitrogen and oxygen atoms in total. The molecule has 0 atom stereocenters. The van der Waals surface area contributed by atoms with Gasteiger partial charge >= 0.3 is 0 Å².